The maximum absolute atomic E-state index is 6.91. The highest BCUT2D eigenvalue weighted by molar-refractivity contribution is 5.21. The molecule has 20 heavy (non-hydrogen) atoms. The average molecular weight is 282 g/mol. The summed E-state index contributed by atoms with van der Waals surface area (Å²) in [7, 11) is 0. The third-order valence-electron chi connectivity index (χ3n) is 6.14. The first-order valence-electron chi connectivity index (χ1n) is 8.53. The third kappa shape index (κ3) is 2.42. The molecule has 1 aliphatic heterocycles. The number of fused-ring (bicyclic) bond motifs is 1. The quantitative estimate of drug-likeness (QED) is 0.780. The van der Waals surface area contributed by atoms with Crippen molar-refractivity contribution in [1.82, 2.24) is 4.90 Å². The molecule has 1 saturated heterocycles. The molecule has 0 radical (unpaired) electrons. The highest BCUT2D eigenvalue weighted by atomic mass is 16.5. The lowest BCUT2D eigenvalue weighted by Gasteiger charge is -2.63. The topological polar surface area (TPSA) is 38.5 Å². The van der Waals surface area contributed by atoms with Gasteiger partial charge in [0.1, 0.15) is 0 Å². The molecule has 1 aliphatic carbocycles. The zero-order valence-electron chi connectivity index (χ0n) is 14.1. The zero-order valence-corrected chi connectivity index (χ0v) is 14.1. The predicted octanol–water partition coefficient (Wildman–Crippen LogP) is 3.03. The van der Waals surface area contributed by atoms with E-state index in [1.165, 1.54) is 25.8 Å². The van der Waals surface area contributed by atoms with E-state index in [0.717, 1.165) is 19.6 Å². The Morgan fingerprint density at radius 2 is 2.05 bits per heavy atom. The van der Waals surface area contributed by atoms with Crippen LogP contribution in [-0.4, -0.2) is 42.3 Å². The lowest BCUT2D eigenvalue weighted by molar-refractivity contribution is -0.165. The smallest absolute Gasteiger partial charge is 0.0691 e. The van der Waals surface area contributed by atoms with Gasteiger partial charge in [-0.25, -0.2) is 0 Å². The Balaban J connectivity index is 2.08. The van der Waals surface area contributed by atoms with E-state index in [1.807, 2.05) is 0 Å². The molecular formula is C17H34N2O. The normalized spacial score (nSPS) is 36.8. The Hall–Kier alpha value is -0.120. The SMILES string of the molecule is CCCCN(CC1(N)C2CCOC2C1(C)C)C(C)CC. The van der Waals surface area contributed by atoms with Gasteiger partial charge in [-0.05, 0) is 32.7 Å². The summed E-state index contributed by atoms with van der Waals surface area (Å²) in [5.74, 6) is 0.561. The summed E-state index contributed by atoms with van der Waals surface area (Å²) in [6.07, 6.45) is 5.25. The lowest BCUT2D eigenvalue weighted by atomic mass is 9.48. The third-order valence-corrected chi connectivity index (χ3v) is 6.14. The van der Waals surface area contributed by atoms with Crippen LogP contribution in [0.4, 0.5) is 0 Å². The van der Waals surface area contributed by atoms with Gasteiger partial charge in [-0.15, -0.1) is 0 Å². The Kier molecular flexibility index (Phi) is 4.83. The molecule has 1 saturated carbocycles. The summed E-state index contributed by atoms with van der Waals surface area (Å²) in [5, 5.41) is 0. The fraction of sp³-hybridized carbons (Fsp3) is 1.00. The van der Waals surface area contributed by atoms with E-state index in [4.69, 9.17) is 10.5 Å². The summed E-state index contributed by atoms with van der Waals surface area (Å²) in [6, 6.07) is 0.624. The second kappa shape index (κ2) is 5.94. The van der Waals surface area contributed by atoms with Crippen LogP contribution in [0.25, 0.3) is 0 Å². The van der Waals surface area contributed by atoms with E-state index in [9.17, 15) is 0 Å². The van der Waals surface area contributed by atoms with Crippen molar-refractivity contribution in [3.05, 3.63) is 0 Å². The van der Waals surface area contributed by atoms with Crippen molar-refractivity contribution >= 4 is 0 Å². The largest absolute Gasteiger partial charge is 0.377 e. The van der Waals surface area contributed by atoms with Crippen molar-refractivity contribution < 1.29 is 4.74 Å². The van der Waals surface area contributed by atoms with Gasteiger partial charge in [0.2, 0.25) is 0 Å². The number of unbranched alkanes of at least 4 members (excludes halogenated alkanes) is 1. The number of nitrogens with two attached hydrogens (primary N) is 1. The fourth-order valence-electron chi connectivity index (χ4n) is 4.21. The highest BCUT2D eigenvalue weighted by Crippen LogP contribution is 2.58. The minimum absolute atomic E-state index is 0.0780. The van der Waals surface area contributed by atoms with Gasteiger partial charge in [-0.3, -0.25) is 4.90 Å². The van der Waals surface area contributed by atoms with Gasteiger partial charge in [0, 0.05) is 36.1 Å². The number of nitrogens with zero attached hydrogens (tertiary/aromatic N) is 1. The van der Waals surface area contributed by atoms with Gasteiger partial charge in [0.25, 0.3) is 0 Å². The number of hydrogen-bond acceptors (Lipinski definition) is 3. The predicted molar refractivity (Wildman–Crippen MR) is 84.8 cm³/mol. The molecule has 4 unspecified atom stereocenters. The van der Waals surface area contributed by atoms with Crippen molar-refractivity contribution in [2.75, 3.05) is 19.7 Å². The molecule has 1 heterocycles. The standard InChI is InChI=1S/C17H34N2O/c1-6-8-10-19(13(3)7-2)12-17(18)14-9-11-20-15(14)16(17,4)5/h13-15H,6-12,18H2,1-5H3. The molecule has 2 fully saturated rings. The first kappa shape index (κ1) is 16.3. The maximum atomic E-state index is 6.91. The molecule has 0 bridgehead atoms. The minimum Gasteiger partial charge on any atom is -0.377 e. The Bertz CT molecular complexity index is 331. The second-order valence-corrected chi connectivity index (χ2v) is 7.53. The van der Waals surface area contributed by atoms with Crippen molar-refractivity contribution in [1.29, 1.82) is 0 Å². The first-order valence-corrected chi connectivity index (χ1v) is 8.53. The second-order valence-electron chi connectivity index (χ2n) is 7.53. The van der Waals surface area contributed by atoms with E-state index >= 15 is 0 Å². The number of hydrogen-bond donors (Lipinski definition) is 1. The molecule has 3 nitrogen and oxygen atoms in total. The summed E-state index contributed by atoms with van der Waals surface area (Å²) in [5.41, 5.74) is 6.93. The van der Waals surface area contributed by atoms with Crippen LogP contribution in [0.2, 0.25) is 0 Å². The molecule has 0 spiro atoms. The molecule has 0 aromatic heterocycles. The van der Waals surface area contributed by atoms with Crippen LogP contribution >= 0.6 is 0 Å². The maximum Gasteiger partial charge on any atom is 0.0691 e. The Morgan fingerprint density at radius 3 is 2.65 bits per heavy atom. The number of ether oxygens (including phenoxy) is 1. The van der Waals surface area contributed by atoms with Crippen molar-refractivity contribution in [2.24, 2.45) is 17.1 Å². The lowest BCUT2D eigenvalue weighted by Crippen LogP contribution is -2.78. The fourth-order valence-corrected chi connectivity index (χ4v) is 4.21. The molecule has 2 N–H and O–H groups in total. The van der Waals surface area contributed by atoms with Gasteiger partial charge in [0.15, 0.2) is 0 Å². The van der Waals surface area contributed by atoms with Gasteiger partial charge in [0.05, 0.1) is 6.10 Å². The zero-order chi connectivity index (χ0) is 15.0. The van der Waals surface area contributed by atoms with Crippen LogP contribution in [0.15, 0.2) is 0 Å². The summed E-state index contributed by atoms with van der Waals surface area (Å²) in [6.45, 7) is 14.6. The Labute approximate surface area is 125 Å². The molecule has 0 aromatic rings. The monoisotopic (exact) mass is 282 g/mol. The van der Waals surface area contributed by atoms with Gasteiger partial charge >= 0.3 is 0 Å². The van der Waals surface area contributed by atoms with Crippen LogP contribution in [0.3, 0.4) is 0 Å². The van der Waals surface area contributed by atoms with Crippen LogP contribution in [0.5, 0.6) is 0 Å². The van der Waals surface area contributed by atoms with Crippen molar-refractivity contribution in [2.45, 2.75) is 78.0 Å². The molecule has 0 amide bonds. The van der Waals surface area contributed by atoms with E-state index in [1.54, 1.807) is 0 Å². The molecule has 4 atom stereocenters. The minimum atomic E-state index is -0.0780. The van der Waals surface area contributed by atoms with Crippen molar-refractivity contribution in [3.8, 4) is 0 Å². The van der Waals surface area contributed by atoms with Crippen molar-refractivity contribution in [3.63, 3.8) is 0 Å². The molecule has 2 rings (SSSR count). The molecule has 3 heteroatoms. The molecule has 0 aromatic carbocycles. The van der Waals surface area contributed by atoms with Gasteiger partial charge in [-0.2, -0.15) is 0 Å². The summed E-state index contributed by atoms with van der Waals surface area (Å²) < 4.78 is 5.91. The first-order chi connectivity index (χ1) is 9.38. The van der Waals surface area contributed by atoms with Crippen LogP contribution in [0.1, 0.15) is 60.3 Å². The van der Waals surface area contributed by atoms with Gasteiger partial charge in [-0.1, -0.05) is 34.1 Å². The van der Waals surface area contributed by atoms with E-state index in [2.05, 4.69) is 39.5 Å². The summed E-state index contributed by atoms with van der Waals surface area (Å²) >= 11 is 0. The molecule has 2 aliphatic rings. The van der Waals surface area contributed by atoms with E-state index < -0.39 is 0 Å². The highest BCUT2D eigenvalue weighted by Gasteiger charge is 2.67. The molecular weight excluding hydrogens is 248 g/mol. The number of rotatable bonds is 7. The van der Waals surface area contributed by atoms with Crippen LogP contribution in [-0.2, 0) is 4.74 Å². The van der Waals surface area contributed by atoms with Crippen LogP contribution in [0, 0.1) is 11.3 Å². The van der Waals surface area contributed by atoms with E-state index in [0.29, 0.717) is 18.1 Å². The van der Waals surface area contributed by atoms with Gasteiger partial charge < -0.3 is 10.5 Å². The molecule has 118 valence electrons. The summed E-state index contributed by atoms with van der Waals surface area (Å²) in [4.78, 5) is 2.62. The Morgan fingerprint density at radius 1 is 1.35 bits per heavy atom. The van der Waals surface area contributed by atoms with E-state index in [-0.39, 0.29) is 11.0 Å². The average Bonchev–Trinajstić information content (AvgIpc) is 2.90. The van der Waals surface area contributed by atoms with Crippen LogP contribution < -0.4 is 5.73 Å².